The van der Waals surface area contributed by atoms with Crippen molar-refractivity contribution in [2.75, 3.05) is 13.2 Å². The van der Waals surface area contributed by atoms with Crippen molar-refractivity contribution in [2.45, 2.75) is 64.3 Å². The van der Waals surface area contributed by atoms with Crippen molar-refractivity contribution >= 4 is 18.7 Å². The molecule has 2 aromatic carbocycles. The number of azide groups is 1. The number of hydrogen-bond donors (Lipinski definition) is 0. The number of hydrogen-bond acceptors (Lipinski definition) is 2. The van der Waals surface area contributed by atoms with Gasteiger partial charge >= 0.3 is 0 Å². The molecule has 166 valence electrons. The molecule has 0 radical (unpaired) electrons. The number of rotatable bonds is 13. The minimum absolute atomic E-state index is 0.0329. The largest absolute Gasteiger partial charge is 0.407 e. The third-order valence-electron chi connectivity index (χ3n) is 5.61. The molecule has 0 aliphatic carbocycles. The van der Waals surface area contributed by atoms with Gasteiger partial charge in [-0.1, -0.05) is 98.7 Å². The van der Waals surface area contributed by atoms with E-state index in [1.165, 1.54) is 10.4 Å². The molecule has 0 aliphatic heterocycles. The van der Waals surface area contributed by atoms with Crippen LogP contribution < -0.4 is 10.4 Å². The van der Waals surface area contributed by atoms with Crippen molar-refractivity contribution in [3.8, 4) is 0 Å². The highest BCUT2D eigenvalue weighted by Crippen LogP contribution is 2.36. The maximum atomic E-state index is 8.27. The summed E-state index contributed by atoms with van der Waals surface area (Å²) in [5.74, 6) is 0. The van der Waals surface area contributed by atoms with Crippen LogP contribution in [0.5, 0.6) is 0 Å². The van der Waals surface area contributed by atoms with Crippen LogP contribution in [-0.2, 0) is 4.43 Å². The van der Waals surface area contributed by atoms with E-state index in [-0.39, 0.29) is 5.04 Å². The van der Waals surface area contributed by atoms with Gasteiger partial charge in [-0.25, -0.2) is 0 Å². The average Bonchev–Trinajstić information content (AvgIpc) is 2.77. The van der Waals surface area contributed by atoms with Crippen molar-refractivity contribution in [3.05, 3.63) is 83.3 Å². The van der Waals surface area contributed by atoms with Crippen LogP contribution in [0.15, 0.2) is 77.9 Å². The third-order valence-corrected chi connectivity index (χ3v) is 10.7. The van der Waals surface area contributed by atoms with E-state index in [0.717, 1.165) is 45.1 Å². The number of unbranched alkanes of at least 4 members (excludes halogenated alkanes) is 4. The average molecular weight is 436 g/mol. The Balaban J connectivity index is 1.95. The first kappa shape index (κ1) is 24.9. The normalized spacial score (nSPS) is 12.1. The number of benzene rings is 2. The highest BCUT2D eigenvalue weighted by Gasteiger charge is 2.49. The topological polar surface area (TPSA) is 58.0 Å². The third kappa shape index (κ3) is 7.39. The van der Waals surface area contributed by atoms with Gasteiger partial charge in [-0.15, -0.1) is 0 Å². The first-order chi connectivity index (χ1) is 15.0. The maximum Gasteiger partial charge on any atom is 0.261 e. The van der Waals surface area contributed by atoms with Crippen LogP contribution >= 0.6 is 0 Å². The Bertz CT molecular complexity index is 785. The molecule has 0 N–H and O–H groups in total. The lowest BCUT2D eigenvalue weighted by Crippen LogP contribution is -2.66. The van der Waals surface area contributed by atoms with Gasteiger partial charge in [-0.3, -0.25) is 0 Å². The lowest BCUT2D eigenvalue weighted by Gasteiger charge is -2.43. The first-order valence-electron chi connectivity index (χ1n) is 11.4. The van der Waals surface area contributed by atoms with E-state index >= 15 is 0 Å². The second-order valence-electron chi connectivity index (χ2n) is 8.93. The molecular weight excluding hydrogens is 398 g/mol. The van der Waals surface area contributed by atoms with Gasteiger partial charge in [0.15, 0.2) is 0 Å². The Morgan fingerprint density at radius 1 is 0.839 bits per heavy atom. The number of allylic oxidation sites excluding steroid dienone is 2. The van der Waals surface area contributed by atoms with Gasteiger partial charge in [0.2, 0.25) is 0 Å². The van der Waals surface area contributed by atoms with Gasteiger partial charge in [0.25, 0.3) is 8.32 Å². The molecule has 0 heterocycles. The zero-order valence-corrected chi connectivity index (χ0v) is 20.3. The molecule has 4 nitrogen and oxygen atoms in total. The molecule has 0 aromatic heterocycles. The highest BCUT2D eigenvalue weighted by atomic mass is 28.4. The van der Waals surface area contributed by atoms with Crippen LogP contribution in [0.25, 0.3) is 10.4 Å². The van der Waals surface area contributed by atoms with E-state index in [2.05, 4.69) is 104 Å². The minimum Gasteiger partial charge on any atom is -0.407 e. The molecule has 0 amide bonds. The Morgan fingerprint density at radius 2 is 1.35 bits per heavy atom. The summed E-state index contributed by atoms with van der Waals surface area (Å²) in [5, 5.41) is 6.28. The standard InChI is InChI=1S/C26H37N3OSi/c1-26(2,3)31(24-18-12-10-13-19-24,25-20-14-11-15-21-25)30-23-17-9-7-5-4-6-8-16-22-28-29-27/h4-5,10-15,18-21H,6-9,16-17,22-23H2,1-3H3. The van der Waals surface area contributed by atoms with E-state index in [9.17, 15) is 0 Å². The zero-order valence-electron chi connectivity index (χ0n) is 19.3. The predicted octanol–water partition coefficient (Wildman–Crippen LogP) is 6.77. The molecule has 31 heavy (non-hydrogen) atoms. The van der Waals surface area contributed by atoms with Crippen molar-refractivity contribution in [3.63, 3.8) is 0 Å². The van der Waals surface area contributed by atoms with E-state index in [1.807, 2.05) is 0 Å². The molecule has 0 spiro atoms. The minimum atomic E-state index is -2.40. The van der Waals surface area contributed by atoms with Crippen molar-refractivity contribution in [1.82, 2.24) is 0 Å². The van der Waals surface area contributed by atoms with Gasteiger partial charge in [-0.2, -0.15) is 0 Å². The molecule has 0 atom stereocenters. The maximum absolute atomic E-state index is 8.27. The SMILES string of the molecule is CC(C)(C)[Si](OCCCCC=CCCCCN=[N+]=[N-])(c1ccccc1)c1ccccc1. The Hall–Kier alpha value is -2.33. The van der Waals surface area contributed by atoms with Crippen molar-refractivity contribution in [1.29, 1.82) is 0 Å². The van der Waals surface area contributed by atoms with Crippen molar-refractivity contribution in [2.24, 2.45) is 5.11 Å². The molecule has 5 heteroatoms. The summed E-state index contributed by atoms with van der Waals surface area (Å²) in [6.45, 7) is 8.36. The van der Waals surface area contributed by atoms with Gasteiger partial charge in [0.1, 0.15) is 0 Å². The lowest BCUT2D eigenvalue weighted by molar-refractivity contribution is 0.289. The Labute approximate surface area is 189 Å². The van der Waals surface area contributed by atoms with E-state index in [0.29, 0.717) is 6.54 Å². The predicted molar refractivity (Wildman–Crippen MR) is 134 cm³/mol. The van der Waals surface area contributed by atoms with Crippen LogP contribution in [0.2, 0.25) is 5.04 Å². The second-order valence-corrected chi connectivity index (χ2v) is 13.2. The number of nitrogens with zero attached hydrogens (tertiary/aromatic N) is 3. The molecule has 0 unspecified atom stereocenters. The summed E-state index contributed by atoms with van der Waals surface area (Å²) < 4.78 is 6.92. The molecule has 0 saturated carbocycles. The van der Waals surface area contributed by atoms with Gasteiger partial charge in [0.05, 0.1) is 0 Å². The Kier molecular flexibility index (Phi) is 10.6. The van der Waals surface area contributed by atoms with Gasteiger partial charge in [-0.05, 0) is 59.5 Å². The van der Waals surface area contributed by atoms with Crippen LogP contribution in [0.3, 0.4) is 0 Å². The summed E-state index contributed by atoms with van der Waals surface area (Å²) in [7, 11) is -2.40. The monoisotopic (exact) mass is 435 g/mol. The molecule has 0 aliphatic rings. The van der Waals surface area contributed by atoms with Gasteiger partial charge < -0.3 is 4.43 Å². The van der Waals surface area contributed by atoms with Gasteiger partial charge in [0, 0.05) is 18.1 Å². The fourth-order valence-corrected chi connectivity index (χ4v) is 8.68. The second kappa shape index (κ2) is 13.2. The molecular formula is C26H37N3OSi. The van der Waals surface area contributed by atoms with Crippen LogP contribution in [-0.4, -0.2) is 21.5 Å². The molecule has 2 rings (SSSR count). The fraction of sp³-hybridized carbons (Fsp3) is 0.462. The summed E-state index contributed by atoms with van der Waals surface area (Å²) in [6.07, 6.45) is 10.9. The quantitative estimate of drug-likeness (QED) is 0.0855. The molecule has 0 saturated heterocycles. The fourth-order valence-electron chi connectivity index (χ4n) is 4.08. The summed E-state index contributed by atoms with van der Waals surface area (Å²) in [4.78, 5) is 2.78. The Morgan fingerprint density at radius 3 is 1.84 bits per heavy atom. The summed E-state index contributed by atoms with van der Waals surface area (Å²) >= 11 is 0. The first-order valence-corrected chi connectivity index (χ1v) is 13.3. The van der Waals surface area contributed by atoms with Crippen molar-refractivity contribution < 1.29 is 4.43 Å². The van der Waals surface area contributed by atoms with Crippen LogP contribution in [0, 0.1) is 0 Å². The molecule has 2 aromatic rings. The van der Waals surface area contributed by atoms with Crippen LogP contribution in [0.4, 0.5) is 0 Å². The summed E-state index contributed by atoms with van der Waals surface area (Å²) in [5.41, 5.74) is 8.27. The van der Waals surface area contributed by atoms with E-state index < -0.39 is 8.32 Å². The molecule has 0 fully saturated rings. The van der Waals surface area contributed by atoms with E-state index in [4.69, 9.17) is 9.96 Å². The lowest BCUT2D eigenvalue weighted by atomic mass is 10.2. The summed E-state index contributed by atoms with van der Waals surface area (Å²) in [6, 6.07) is 21.7. The highest BCUT2D eigenvalue weighted by molar-refractivity contribution is 6.99. The van der Waals surface area contributed by atoms with E-state index in [1.54, 1.807) is 0 Å². The smallest absolute Gasteiger partial charge is 0.261 e. The zero-order chi connectivity index (χ0) is 22.4. The van der Waals surface area contributed by atoms with Crippen LogP contribution in [0.1, 0.15) is 59.3 Å². The molecule has 0 bridgehead atoms.